The molecule has 0 spiro atoms. The molecule has 8 heteroatoms. The normalized spacial score (nSPS) is 15.8. The number of anilines is 2. The van der Waals surface area contributed by atoms with Gasteiger partial charge in [0.1, 0.15) is 30.1 Å². The highest BCUT2D eigenvalue weighted by molar-refractivity contribution is 5.63. The molecule has 0 bridgehead atoms. The molecule has 164 valence electrons. The quantitative estimate of drug-likeness (QED) is 0.470. The number of hydrogen-bond acceptors (Lipinski definition) is 8. The van der Waals surface area contributed by atoms with Gasteiger partial charge in [-0.1, -0.05) is 12.1 Å². The zero-order valence-corrected chi connectivity index (χ0v) is 18.0. The van der Waals surface area contributed by atoms with Gasteiger partial charge in [0.15, 0.2) is 5.82 Å². The molecule has 1 saturated heterocycles. The smallest absolute Gasteiger partial charge is 0.163 e. The van der Waals surface area contributed by atoms with Gasteiger partial charge >= 0.3 is 0 Å². The number of aliphatic hydroxyl groups is 1. The monoisotopic (exact) mass is 415 g/mol. The summed E-state index contributed by atoms with van der Waals surface area (Å²) in [6.07, 6.45) is 1.36. The highest BCUT2D eigenvalue weighted by Gasteiger charge is 2.16. The Balaban J connectivity index is 1.80. The number of ether oxygens (including phenoxy) is 2. The molecule has 2 heterocycles. The van der Waals surface area contributed by atoms with Crippen LogP contribution in [0.2, 0.25) is 0 Å². The lowest BCUT2D eigenvalue weighted by Crippen LogP contribution is -2.29. The first-order valence-electron chi connectivity index (χ1n) is 10.6. The van der Waals surface area contributed by atoms with Crippen LogP contribution in [-0.2, 0) is 4.74 Å². The molecule has 8 nitrogen and oxygen atoms in total. The molecular weight excluding hydrogens is 382 g/mol. The van der Waals surface area contributed by atoms with Crippen LogP contribution >= 0.6 is 0 Å². The molecule has 30 heavy (non-hydrogen) atoms. The number of benzene rings is 1. The van der Waals surface area contributed by atoms with Gasteiger partial charge in [0.05, 0.1) is 0 Å². The fraction of sp³-hybridized carbons (Fsp3) is 0.545. The summed E-state index contributed by atoms with van der Waals surface area (Å²) in [7, 11) is 1.80. The Morgan fingerprint density at radius 1 is 1.17 bits per heavy atom. The fourth-order valence-electron chi connectivity index (χ4n) is 3.28. The van der Waals surface area contributed by atoms with Crippen LogP contribution in [-0.4, -0.2) is 66.7 Å². The number of rotatable bonds is 10. The second-order valence-electron chi connectivity index (χ2n) is 7.84. The van der Waals surface area contributed by atoms with Crippen molar-refractivity contribution in [2.45, 2.75) is 44.9 Å². The molecule has 1 aromatic heterocycles. The molecule has 1 atom stereocenters. The third-order valence-corrected chi connectivity index (χ3v) is 4.71. The molecule has 3 rings (SSSR count). The van der Waals surface area contributed by atoms with Gasteiger partial charge in [-0.2, -0.15) is 0 Å². The molecule has 0 saturated carbocycles. The molecule has 0 amide bonds. The maximum absolute atomic E-state index is 9.87. The van der Waals surface area contributed by atoms with Crippen LogP contribution in [0.4, 0.5) is 11.6 Å². The van der Waals surface area contributed by atoms with Gasteiger partial charge in [-0.3, -0.25) is 0 Å². The molecular formula is C22H33N5O3. The molecule has 0 radical (unpaired) electrons. The molecule has 1 aliphatic rings. The summed E-state index contributed by atoms with van der Waals surface area (Å²) in [4.78, 5) is 9.45. The maximum Gasteiger partial charge on any atom is 0.163 e. The van der Waals surface area contributed by atoms with E-state index < -0.39 is 6.10 Å². The van der Waals surface area contributed by atoms with E-state index in [1.165, 1.54) is 0 Å². The van der Waals surface area contributed by atoms with Crippen LogP contribution in [0.15, 0.2) is 30.3 Å². The Morgan fingerprint density at radius 2 is 1.93 bits per heavy atom. The highest BCUT2D eigenvalue weighted by atomic mass is 16.5. The molecule has 1 unspecified atom stereocenters. The Bertz CT molecular complexity index is 796. The Morgan fingerprint density at radius 3 is 2.67 bits per heavy atom. The lowest BCUT2D eigenvalue weighted by Gasteiger charge is -2.24. The van der Waals surface area contributed by atoms with E-state index in [4.69, 9.17) is 19.4 Å². The highest BCUT2D eigenvalue weighted by Crippen LogP contribution is 2.25. The van der Waals surface area contributed by atoms with Crippen molar-refractivity contribution in [1.82, 2.24) is 15.3 Å². The summed E-state index contributed by atoms with van der Waals surface area (Å²) >= 11 is 0. The summed E-state index contributed by atoms with van der Waals surface area (Å²) in [5.41, 5.74) is 0.859. The molecule has 1 fully saturated rings. The Kier molecular flexibility index (Phi) is 8.24. The van der Waals surface area contributed by atoms with Crippen molar-refractivity contribution in [3.63, 3.8) is 0 Å². The summed E-state index contributed by atoms with van der Waals surface area (Å²) in [6, 6.07) is 10.2. The van der Waals surface area contributed by atoms with E-state index in [1.54, 1.807) is 7.05 Å². The van der Waals surface area contributed by atoms with E-state index in [2.05, 4.69) is 29.8 Å². The average molecular weight is 416 g/mol. The lowest BCUT2D eigenvalue weighted by molar-refractivity contribution is 0.0904. The van der Waals surface area contributed by atoms with Crippen LogP contribution in [0.25, 0.3) is 11.4 Å². The van der Waals surface area contributed by atoms with Gasteiger partial charge in [-0.25, -0.2) is 9.97 Å². The number of aliphatic hydroxyl groups excluding tert-OH is 1. The first-order chi connectivity index (χ1) is 14.5. The average Bonchev–Trinajstić information content (AvgIpc) is 2.73. The van der Waals surface area contributed by atoms with Crippen molar-refractivity contribution in [2.24, 2.45) is 0 Å². The van der Waals surface area contributed by atoms with Gasteiger partial charge in [0.25, 0.3) is 0 Å². The first-order valence-corrected chi connectivity index (χ1v) is 10.6. The summed E-state index contributed by atoms with van der Waals surface area (Å²) in [5.74, 6) is 2.87. The third kappa shape index (κ3) is 6.83. The predicted molar refractivity (Wildman–Crippen MR) is 119 cm³/mol. The summed E-state index contributed by atoms with van der Waals surface area (Å²) in [5, 5.41) is 19.7. The summed E-state index contributed by atoms with van der Waals surface area (Å²) < 4.78 is 11.2. The van der Waals surface area contributed by atoms with E-state index in [9.17, 15) is 5.11 Å². The molecule has 1 aliphatic heterocycles. The van der Waals surface area contributed by atoms with Crippen molar-refractivity contribution < 1.29 is 14.6 Å². The van der Waals surface area contributed by atoms with E-state index in [0.29, 0.717) is 24.2 Å². The number of likely N-dealkylation sites (N-methyl/N-ethyl adjacent to an activating group) is 1. The van der Waals surface area contributed by atoms with E-state index >= 15 is 0 Å². The second kappa shape index (κ2) is 11.1. The van der Waals surface area contributed by atoms with Gasteiger partial charge in [-0.05, 0) is 45.9 Å². The van der Waals surface area contributed by atoms with Crippen LogP contribution in [0.5, 0.6) is 5.75 Å². The zero-order valence-electron chi connectivity index (χ0n) is 18.0. The maximum atomic E-state index is 9.87. The fourth-order valence-corrected chi connectivity index (χ4v) is 3.28. The van der Waals surface area contributed by atoms with Gasteiger partial charge in [0, 0.05) is 43.5 Å². The minimum absolute atomic E-state index is 0.219. The number of aromatic nitrogens is 2. The number of hydrogen-bond donors (Lipinski definition) is 4. The standard InChI is InChI=1S/C22H33N5O3/c1-15(2)24-20-12-21(25-17-7-9-29-10-8-17)27-22(26-20)16-5-4-6-19(11-16)30-14-18(28)13-23-3/h4-6,11-12,15,17-18,23,28H,7-10,13-14H2,1-3H3,(H2,24,25,26,27). The van der Waals surface area contributed by atoms with Crippen molar-refractivity contribution >= 4 is 11.6 Å². The number of nitrogens with one attached hydrogen (secondary N) is 3. The molecule has 2 aromatic rings. The second-order valence-corrected chi connectivity index (χ2v) is 7.84. The zero-order chi connectivity index (χ0) is 21.3. The van der Waals surface area contributed by atoms with Crippen LogP contribution < -0.4 is 20.7 Å². The third-order valence-electron chi connectivity index (χ3n) is 4.71. The van der Waals surface area contributed by atoms with Gasteiger partial charge < -0.3 is 30.5 Å². The van der Waals surface area contributed by atoms with E-state index in [1.807, 2.05) is 30.3 Å². The molecule has 0 aliphatic carbocycles. The van der Waals surface area contributed by atoms with Crippen LogP contribution in [0.1, 0.15) is 26.7 Å². The van der Waals surface area contributed by atoms with Gasteiger partial charge in [-0.15, -0.1) is 0 Å². The molecule has 1 aromatic carbocycles. The number of nitrogens with zero attached hydrogens (tertiary/aromatic N) is 2. The van der Waals surface area contributed by atoms with E-state index in [-0.39, 0.29) is 12.6 Å². The minimum Gasteiger partial charge on any atom is -0.491 e. The topological polar surface area (TPSA) is 101 Å². The van der Waals surface area contributed by atoms with Crippen LogP contribution in [0.3, 0.4) is 0 Å². The Hall–Kier alpha value is -2.42. The predicted octanol–water partition coefficient (Wildman–Crippen LogP) is 2.51. The lowest BCUT2D eigenvalue weighted by atomic mass is 10.1. The minimum atomic E-state index is -0.566. The molecule has 4 N–H and O–H groups in total. The van der Waals surface area contributed by atoms with Crippen molar-refractivity contribution in [2.75, 3.05) is 44.0 Å². The van der Waals surface area contributed by atoms with Crippen molar-refractivity contribution in [1.29, 1.82) is 0 Å². The first kappa shape index (κ1) is 22.3. The SMILES string of the molecule is CNCC(O)COc1cccc(-c2nc(NC(C)C)cc(NC3CCOCC3)n2)c1. The Labute approximate surface area is 178 Å². The van der Waals surface area contributed by atoms with Crippen molar-refractivity contribution in [3.8, 4) is 17.1 Å². The summed E-state index contributed by atoms with van der Waals surface area (Å²) in [6.45, 7) is 6.40. The van der Waals surface area contributed by atoms with Crippen LogP contribution in [0, 0.1) is 0 Å². The van der Waals surface area contributed by atoms with Crippen molar-refractivity contribution in [3.05, 3.63) is 30.3 Å². The van der Waals surface area contributed by atoms with Gasteiger partial charge in [0.2, 0.25) is 0 Å². The van der Waals surface area contributed by atoms with E-state index in [0.717, 1.165) is 43.3 Å². The largest absolute Gasteiger partial charge is 0.491 e.